The highest BCUT2D eigenvalue weighted by Gasteiger charge is 2.30. The molecule has 14 heteroatoms. The van der Waals surface area contributed by atoms with Gasteiger partial charge in [0.2, 0.25) is 10.0 Å². The molecule has 1 fully saturated rings. The van der Waals surface area contributed by atoms with Gasteiger partial charge in [-0.15, -0.1) is 0 Å². The number of nitro benzene ring substituents is 1. The molecule has 1 aliphatic rings. The van der Waals surface area contributed by atoms with Crippen molar-refractivity contribution in [3.05, 3.63) is 55.5 Å². The fourth-order valence-corrected chi connectivity index (χ4v) is 4.93. The zero-order valence-corrected chi connectivity index (χ0v) is 17.4. The molecule has 164 valence electrons. The quantitative estimate of drug-likeness (QED) is 0.376. The summed E-state index contributed by atoms with van der Waals surface area (Å²) in [4.78, 5) is 39.5. The molecule has 2 aromatic heterocycles. The lowest BCUT2D eigenvalue weighted by molar-refractivity contribution is -0.384. The highest BCUT2D eigenvalue weighted by atomic mass is 32.2. The third kappa shape index (κ3) is 3.24. The molecule has 3 aromatic rings. The topological polar surface area (TPSA) is 152 Å². The molecule has 0 unspecified atom stereocenters. The molecule has 3 heterocycles. The first kappa shape index (κ1) is 20.9. The van der Waals surface area contributed by atoms with Crippen LogP contribution in [-0.4, -0.2) is 62.6 Å². The standard InChI is InChI=1S/C17H18N6O7S/c1-19-15-14(16(24)20(2)17(19)25)18-10-22(15)12-4-3-11(9-13(12)23(26)27)31(28,29)21-5-7-30-8-6-21/h3-4,9-10H,5-8H2,1-2H3. The third-order valence-corrected chi connectivity index (χ3v) is 7.05. The van der Waals surface area contributed by atoms with Gasteiger partial charge in [0.25, 0.3) is 11.2 Å². The predicted molar refractivity (Wildman–Crippen MR) is 108 cm³/mol. The normalized spacial score (nSPS) is 15.4. The first-order valence-corrected chi connectivity index (χ1v) is 10.6. The Morgan fingerprint density at radius 3 is 2.45 bits per heavy atom. The molecule has 0 bridgehead atoms. The molecule has 0 saturated carbocycles. The summed E-state index contributed by atoms with van der Waals surface area (Å²) in [5, 5.41) is 11.8. The van der Waals surface area contributed by atoms with Gasteiger partial charge in [-0.05, 0) is 12.1 Å². The summed E-state index contributed by atoms with van der Waals surface area (Å²) in [6.07, 6.45) is 1.18. The molecule has 1 aromatic carbocycles. The molecule has 0 atom stereocenters. The van der Waals surface area contributed by atoms with Crippen molar-refractivity contribution in [2.75, 3.05) is 26.3 Å². The molecular weight excluding hydrogens is 432 g/mol. The number of sulfonamides is 1. The Kier molecular flexibility index (Phi) is 4.99. The molecule has 0 radical (unpaired) electrons. The van der Waals surface area contributed by atoms with E-state index in [-0.39, 0.29) is 48.1 Å². The van der Waals surface area contributed by atoms with Gasteiger partial charge in [-0.25, -0.2) is 18.2 Å². The van der Waals surface area contributed by atoms with Gasteiger partial charge in [0.15, 0.2) is 11.2 Å². The fraction of sp³-hybridized carbons (Fsp3) is 0.353. The van der Waals surface area contributed by atoms with Gasteiger partial charge >= 0.3 is 5.69 Å². The molecule has 13 nitrogen and oxygen atoms in total. The van der Waals surface area contributed by atoms with Gasteiger partial charge in [0, 0.05) is 33.3 Å². The zero-order valence-electron chi connectivity index (χ0n) is 16.6. The smallest absolute Gasteiger partial charge is 0.332 e. The minimum Gasteiger partial charge on any atom is -0.379 e. The Bertz CT molecular complexity index is 1430. The van der Waals surface area contributed by atoms with Crippen molar-refractivity contribution in [2.45, 2.75) is 4.90 Å². The van der Waals surface area contributed by atoms with Crippen LogP contribution in [0.3, 0.4) is 0 Å². The molecule has 1 saturated heterocycles. The lowest BCUT2D eigenvalue weighted by atomic mass is 10.2. The first-order chi connectivity index (χ1) is 14.6. The van der Waals surface area contributed by atoms with Crippen molar-refractivity contribution in [1.82, 2.24) is 23.0 Å². The Labute approximate surface area is 174 Å². The minimum absolute atomic E-state index is 0.0309. The van der Waals surface area contributed by atoms with Gasteiger partial charge in [0.05, 0.1) is 23.0 Å². The summed E-state index contributed by atoms with van der Waals surface area (Å²) in [7, 11) is -1.25. The maximum atomic E-state index is 12.9. The number of morpholine rings is 1. The van der Waals surface area contributed by atoms with Crippen LogP contribution in [0.2, 0.25) is 0 Å². The number of aromatic nitrogens is 4. The number of benzene rings is 1. The van der Waals surface area contributed by atoms with Crippen LogP contribution in [0.5, 0.6) is 0 Å². The van der Waals surface area contributed by atoms with E-state index in [0.717, 1.165) is 15.2 Å². The van der Waals surface area contributed by atoms with E-state index in [1.165, 1.54) is 41.4 Å². The average Bonchev–Trinajstić information content (AvgIpc) is 3.21. The maximum absolute atomic E-state index is 12.9. The number of nitro groups is 1. The van der Waals surface area contributed by atoms with Crippen LogP contribution in [0.1, 0.15) is 0 Å². The van der Waals surface area contributed by atoms with Crippen molar-refractivity contribution in [3.8, 4) is 5.69 Å². The Morgan fingerprint density at radius 2 is 1.81 bits per heavy atom. The molecule has 0 amide bonds. The van der Waals surface area contributed by atoms with Crippen LogP contribution >= 0.6 is 0 Å². The van der Waals surface area contributed by atoms with E-state index in [9.17, 15) is 28.1 Å². The lowest BCUT2D eigenvalue weighted by Gasteiger charge is -2.26. The summed E-state index contributed by atoms with van der Waals surface area (Å²) in [6, 6.07) is 3.47. The van der Waals surface area contributed by atoms with Crippen molar-refractivity contribution in [3.63, 3.8) is 0 Å². The van der Waals surface area contributed by atoms with Crippen molar-refractivity contribution >= 4 is 26.9 Å². The summed E-state index contributed by atoms with van der Waals surface area (Å²) in [6.45, 7) is 0.776. The number of ether oxygens (including phenoxy) is 1. The second-order valence-corrected chi connectivity index (χ2v) is 8.85. The third-order valence-electron chi connectivity index (χ3n) is 5.15. The minimum atomic E-state index is -3.96. The van der Waals surface area contributed by atoms with E-state index in [2.05, 4.69) is 4.98 Å². The van der Waals surface area contributed by atoms with E-state index >= 15 is 0 Å². The second kappa shape index (κ2) is 7.40. The summed E-state index contributed by atoms with van der Waals surface area (Å²) >= 11 is 0. The Morgan fingerprint density at radius 1 is 1.13 bits per heavy atom. The largest absolute Gasteiger partial charge is 0.379 e. The fourth-order valence-electron chi connectivity index (χ4n) is 3.50. The van der Waals surface area contributed by atoms with Crippen LogP contribution in [0.25, 0.3) is 16.9 Å². The number of hydrogen-bond acceptors (Lipinski definition) is 8. The van der Waals surface area contributed by atoms with E-state index in [4.69, 9.17) is 4.74 Å². The number of rotatable bonds is 4. The van der Waals surface area contributed by atoms with E-state index < -0.39 is 31.9 Å². The number of hydrogen-bond donors (Lipinski definition) is 0. The molecule has 0 spiro atoms. The number of aryl methyl sites for hydroxylation is 1. The summed E-state index contributed by atoms with van der Waals surface area (Å²) < 4.78 is 35.4. The Hall–Kier alpha value is -3.36. The number of nitrogens with zero attached hydrogens (tertiary/aromatic N) is 6. The van der Waals surface area contributed by atoms with Gasteiger partial charge in [-0.1, -0.05) is 0 Å². The number of fused-ring (bicyclic) bond motifs is 1. The predicted octanol–water partition coefficient (Wildman–Crippen LogP) is -0.648. The van der Waals surface area contributed by atoms with Crippen LogP contribution in [-0.2, 0) is 28.9 Å². The van der Waals surface area contributed by atoms with E-state index in [1.54, 1.807) is 0 Å². The van der Waals surface area contributed by atoms with Gasteiger partial charge in [0.1, 0.15) is 12.0 Å². The van der Waals surface area contributed by atoms with Crippen LogP contribution in [0.4, 0.5) is 5.69 Å². The average molecular weight is 450 g/mol. The highest BCUT2D eigenvalue weighted by Crippen LogP contribution is 2.29. The van der Waals surface area contributed by atoms with Gasteiger partial charge in [-0.3, -0.25) is 28.6 Å². The summed E-state index contributed by atoms with van der Waals surface area (Å²) in [5.74, 6) is 0. The zero-order chi connectivity index (χ0) is 22.5. The van der Waals surface area contributed by atoms with Crippen molar-refractivity contribution in [1.29, 1.82) is 0 Å². The molecular formula is C17H18N6O7S. The molecule has 0 N–H and O–H groups in total. The van der Waals surface area contributed by atoms with Crippen LogP contribution < -0.4 is 11.2 Å². The van der Waals surface area contributed by atoms with E-state index in [0.29, 0.717) is 0 Å². The second-order valence-electron chi connectivity index (χ2n) is 6.92. The number of imidazole rings is 1. The Balaban J connectivity index is 1.93. The van der Waals surface area contributed by atoms with Gasteiger partial charge in [-0.2, -0.15) is 4.31 Å². The SMILES string of the molecule is Cn1c(=O)c2ncn(-c3ccc(S(=O)(=O)N4CCOCC4)cc3[N+](=O)[O-])c2n(C)c1=O. The maximum Gasteiger partial charge on any atom is 0.332 e. The molecule has 0 aliphatic carbocycles. The molecule has 31 heavy (non-hydrogen) atoms. The lowest BCUT2D eigenvalue weighted by Crippen LogP contribution is -2.40. The monoisotopic (exact) mass is 450 g/mol. The van der Waals surface area contributed by atoms with E-state index in [1.807, 2.05) is 0 Å². The van der Waals surface area contributed by atoms with Crippen molar-refractivity contribution < 1.29 is 18.1 Å². The van der Waals surface area contributed by atoms with Gasteiger partial charge < -0.3 is 4.74 Å². The molecule has 1 aliphatic heterocycles. The van der Waals surface area contributed by atoms with Crippen LogP contribution in [0, 0.1) is 10.1 Å². The molecule has 4 rings (SSSR count). The summed E-state index contributed by atoms with van der Waals surface area (Å²) in [5.41, 5.74) is -1.82. The van der Waals surface area contributed by atoms with Crippen molar-refractivity contribution in [2.24, 2.45) is 14.1 Å². The highest BCUT2D eigenvalue weighted by molar-refractivity contribution is 7.89. The van der Waals surface area contributed by atoms with Crippen LogP contribution in [0.15, 0.2) is 39.0 Å². The first-order valence-electron chi connectivity index (χ1n) is 9.14.